The fraction of sp³-hybridized carbons (Fsp3) is 0.280. The number of carbonyl (C=O) groups is 2. The zero-order valence-electron chi connectivity index (χ0n) is 17.4. The van der Waals surface area contributed by atoms with E-state index in [9.17, 15) is 9.59 Å². The lowest BCUT2D eigenvalue weighted by Gasteiger charge is -2.48. The molecule has 0 bridgehead atoms. The number of amides is 2. The predicted octanol–water partition coefficient (Wildman–Crippen LogP) is 2.96. The summed E-state index contributed by atoms with van der Waals surface area (Å²) in [6.45, 7) is 4.68. The van der Waals surface area contributed by atoms with Gasteiger partial charge in [0.15, 0.2) is 0 Å². The first-order valence-corrected chi connectivity index (χ1v) is 10.8. The van der Waals surface area contributed by atoms with E-state index in [1.54, 1.807) is 12.4 Å². The van der Waals surface area contributed by atoms with E-state index in [2.05, 4.69) is 22.0 Å². The standard InChI is InChI=1S/C25H26N4O2/c30-24(21-8-6-20(7-9-21)19-4-2-1-3-5-19)28-14-12-27(13-15-28)23-17-29(18-23)25(31)22-10-11-26-16-22/h1-11,16,23,26H,12-15,17-18H2. The molecule has 0 aliphatic carbocycles. The van der Waals surface area contributed by atoms with E-state index in [4.69, 9.17) is 0 Å². The normalized spacial score (nSPS) is 17.4. The highest BCUT2D eigenvalue weighted by atomic mass is 16.2. The first kappa shape index (κ1) is 19.6. The van der Waals surface area contributed by atoms with E-state index >= 15 is 0 Å². The van der Waals surface area contributed by atoms with Gasteiger partial charge in [-0.25, -0.2) is 0 Å². The van der Waals surface area contributed by atoms with Crippen molar-refractivity contribution in [1.82, 2.24) is 19.7 Å². The smallest absolute Gasteiger partial charge is 0.255 e. The van der Waals surface area contributed by atoms with Gasteiger partial charge in [0.25, 0.3) is 11.8 Å². The Hall–Kier alpha value is -3.38. The quantitative estimate of drug-likeness (QED) is 0.714. The number of hydrogen-bond donors (Lipinski definition) is 1. The summed E-state index contributed by atoms with van der Waals surface area (Å²) in [4.78, 5) is 34.5. The van der Waals surface area contributed by atoms with Gasteiger partial charge in [-0.3, -0.25) is 14.5 Å². The molecule has 0 spiro atoms. The van der Waals surface area contributed by atoms with Crippen LogP contribution in [0.25, 0.3) is 11.1 Å². The van der Waals surface area contributed by atoms with Crippen molar-refractivity contribution >= 4 is 11.8 Å². The maximum Gasteiger partial charge on any atom is 0.255 e. The summed E-state index contributed by atoms with van der Waals surface area (Å²) in [5.41, 5.74) is 3.72. The number of piperazine rings is 1. The molecule has 5 rings (SSSR count). The van der Waals surface area contributed by atoms with Gasteiger partial charge in [-0.2, -0.15) is 0 Å². The van der Waals surface area contributed by atoms with E-state index in [1.165, 1.54) is 0 Å². The molecule has 6 nitrogen and oxygen atoms in total. The minimum Gasteiger partial charge on any atom is -0.367 e. The average Bonchev–Trinajstić information content (AvgIpc) is 3.34. The van der Waals surface area contributed by atoms with Crippen LogP contribution in [-0.2, 0) is 0 Å². The Bertz CT molecular complexity index is 1030. The van der Waals surface area contributed by atoms with Crippen LogP contribution in [0.15, 0.2) is 73.1 Å². The van der Waals surface area contributed by atoms with Gasteiger partial charge < -0.3 is 14.8 Å². The average molecular weight is 415 g/mol. The molecule has 1 aromatic heterocycles. The zero-order chi connectivity index (χ0) is 21.2. The van der Waals surface area contributed by atoms with Gasteiger partial charge in [-0.1, -0.05) is 42.5 Å². The molecule has 0 atom stereocenters. The second-order valence-electron chi connectivity index (χ2n) is 8.24. The van der Waals surface area contributed by atoms with E-state index in [1.807, 2.05) is 58.3 Å². The summed E-state index contributed by atoms with van der Waals surface area (Å²) in [5, 5.41) is 0. The Kier molecular flexibility index (Phi) is 5.30. The number of nitrogens with zero attached hydrogens (tertiary/aromatic N) is 3. The number of H-pyrrole nitrogens is 1. The Balaban J connectivity index is 1.12. The highest BCUT2D eigenvalue weighted by Gasteiger charge is 2.37. The Morgan fingerprint density at radius 3 is 2.00 bits per heavy atom. The first-order chi connectivity index (χ1) is 15.2. The summed E-state index contributed by atoms with van der Waals surface area (Å²) in [5.74, 6) is 0.183. The number of nitrogens with one attached hydrogen (secondary N) is 1. The Morgan fingerprint density at radius 1 is 0.710 bits per heavy atom. The predicted molar refractivity (Wildman–Crippen MR) is 120 cm³/mol. The maximum atomic E-state index is 12.9. The minimum absolute atomic E-state index is 0.0882. The first-order valence-electron chi connectivity index (χ1n) is 10.8. The maximum absolute atomic E-state index is 12.9. The van der Waals surface area contributed by atoms with Gasteiger partial charge in [-0.05, 0) is 29.3 Å². The largest absolute Gasteiger partial charge is 0.367 e. The summed E-state index contributed by atoms with van der Waals surface area (Å²) < 4.78 is 0. The fourth-order valence-corrected chi connectivity index (χ4v) is 4.40. The molecule has 158 valence electrons. The van der Waals surface area contributed by atoms with Crippen molar-refractivity contribution in [3.05, 3.63) is 84.2 Å². The molecule has 2 aliphatic heterocycles. The van der Waals surface area contributed by atoms with Gasteiger partial charge in [0.1, 0.15) is 0 Å². The van der Waals surface area contributed by atoms with Gasteiger partial charge >= 0.3 is 0 Å². The zero-order valence-corrected chi connectivity index (χ0v) is 17.4. The van der Waals surface area contributed by atoms with Crippen molar-refractivity contribution in [3.8, 4) is 11.1 Å². The number of likely N-dealkylation sites (tertiary alicyclic amines) is 1. The monoisotopic (exact) mass is 414 g/mol. The summed E-state index contributed by atoms with van der Waals surface area (Å²) in [6, 6.07) is 20.3. The third kappa shape index (κ3) is 3.99. The van der Waals surface area contributed by atoms with Gasteiger partial charge in [-0.15, -0.1) is 0 Å². The third-order valence-corrected chi connectivity index (χ3v) is 6.35. The number of aromatic amines is 1. The van der Waals surface area contributed by atoms with Crippen LogP contribution in [0.3, 0.4) is 0 Å². The van der Waals surface area contributed by atoms with Crippen molar-refractivity contribution in [2.45, 2.75) is 6.04 Å². The van der Waals surface area contributed by atoms with Crippen molar-refractivity contribution < 1.29 is 9.59 Å². The lowest BCUT2D eigenvalue weighted by atomic mass is 10.0. The van der Waals surface area contributed by atoms with Crippen LogP contribution in [-0.4, -0.2) is 76.8 Å². The molecule has 2 amide bonds. The van der Waals surface area contributed by atoms with Crippen LogP contribution in [0.2, 0.25) is 0 Å². The van der Waals surface area contributed by atoms with E-state index in [0.29, 0.717) is 11.6 Å². The number of hydrogen-bond acceptors (Lipinski definition) is 3. The molecular weight excluding hydrogens is 388 g/mol. The number of rotatable bonds is 4. The summed E-state index contributed by atoms with van der Waals surface area (Å²) in [6.07, 6.45) is 3.52. The number of carbonyl (C=O) groups excluding carboxylic acids is 2. The van der Waals surface area contributed by atoms with Crippen molar-refractivity contribution in [2.75, 3.05) is 39.3 Å². The van der Waals surface area contributed by atoms with Crippen LogP contribution < -0.4 is 0 Å². The topological polar surface area (TPSA) is 59.7 Å². The molecule has 2 aromatic carbocycles. The van der Waals surface area contributed by atoms with Crippen LogP contribution in [0.4, 0.5) is 0 Å². The molecule has 0 radical (unpaired) electrons. The van der Waals surface area contributed by atoms with Crippen molar-refractivity contribution in [1.29, 1.82) is 0 Å². The summed E-state index contributed by atoms with van der Waals surface area (Å²) in [7, 11) is 0. The lowest BCUT2D eigenvalue weighted by molar-refractivity contribution is 0.00855. The minimum atomic E-state index is 0.0882. The molecule has 2 fully saturated rings. The van der Waals surface area contributed by atoms with Gasteiger partial charge in [0.05, 0.1) is 5.56 Å². The van der Waals surface area contributed by atoms with Crippen LogP contribution >= 0.6 is 0 Å². The van der Waals surface area contributed by atoms with E-state index < -0.39 is 0 Å². The molecule has 2 aliphatic rings. The second-order valence-corrected chi connectivity index (χ2v) is 8.24. The van der Waals surface area contributed by atoms with Crippen molar-refractivity contribution in [2.24, 2.45) is 0 Å². The van der Waals surface area contributed by atoms with Gasteiger partial charge in [0.2, 0.25) is 0 Å². The SMILES string of the molecule is O=C(c1ccc(-c2ccccc2)cc1)N1CCN(C2CN(C(=O)c3cc[nH]c3)C2)CC1. The Morgan fingerprint density at radius 2 is 1.35 bits per heavy atom. The Labute approximate surface area is 182 Å². The molecule has 3 heterocycles. The van der Waals surface area contributed by atoms with E-state index in [-0.39, 0.29) is 11.8 Å². The fourth-order valence-electron chi connectivity index (χ4n) is 4.40. The molecule has 1 N–H and O–H groups in total. The van der Waals surface area contributed by atoms with Crippen LogP contribution in [0.1, 0.15) is 20.7 Å². The molecule has 2 saturated heterocycles. The van der Waals surface area contributed by atoms with Crippen LogP contribution in [0, 0.1) is 0 Å². The summed E-state index contributed by atoms with van der Waals surface area (Å²) >= 11 is 0. The van der Waals surface area contributed by atoms with Crippen LogP contribution in [0.5, 0.6) is 0 Å². The molecule has 3 aromatic rings. The molecule has 6 heteroatoms. The van der Waals surface area contributed by atoms with E-state index in [0.717, 1.165) is 56.0 Å². The lowest BCUT2D eigenvalue weighted by Crippen LogP contribution is -2.64. The molecule has 0 saturated carbocycles. The number of benzene rings is 2. The molecule has 0 unspecified atom stereocenters. The second kappa shape index (κ2) is 8.40. The number of aromatic nitrogens is 1. The molecule has 31 heavy (non-hydrogen) atoms. The molecular formula is C25H26N4O2. The highest BCUT2D eigenvalue weighted by Crippen LogP contribution is 2.22. The highest BCUT2D eigenvalue weighted by molar-refractivity contribution is 5.95. The van der Waals surface area contributed by atoms with Crippen molar-refractivity contribution in [3.63, 3.8) is 0 Å². The third-order valence-electron chi connectivity index (χ3n) is 6.35. The van der Waals surface area contributed by atoms with Gasteiger partial charge in [0, 0.05) is 63.3 Å².